The molecule has 0 unspecified atom stereocenters. The van der Waals surface area contributed by atoms with E-state index in [0.29, 0.717) is 37.1 Å². The lowest BCUT2D eigenvalue weighted by atomic mass is 9.96. The number of unbranched alkanes of at least 4 members (excludes halogenated alkanes) is 1. The van der Waals surface area contributed by atoms with Gasteiger partial charge in [0.1, 0.15) is 6.04 Å². The van der Waals surface area contributed by atoms with Gasteiger partial charge in [0.15, 0.2) is 10.8 Å². The minimum Gasteiger partial charge on any atom is -0.330 e. The SMILES string of the molecule is CCCC[C@H](CC(=O)NO)C(=O)N1CC2(CC2)C[C@H]1C(=O)Nc1nc(C(F)(F)F)cs1. The second-order valence-electron chi connectivity index (χ2n) is 8.29. The Balaban J connectivity index is 1.74. The van der Waals surface area contributed by atoms with Crippen LogP contribution in [0.25, 0.3) is 0 Å². The third kappa shape index (κ3) is 5.53. The summed E-state index contributed by atoms with van der Waals surface area (Å²) in [4.78, 5) is 42.7. The number of amides is 3. The lowest BCUT2D eigenvalue weighted by molar-refractivity contribution is -0.143. The van der Waals surface area contributed by atoms with E-state index in [1.165, 1.54) is 10.4 Å². The van der Waals surface area contributed by atoms with Crippen molar-refractivity contribution >= 4 is 34.2 Å². The number of alkyl halides is 3. The number of nitrogens with one attached hydrogen (secondary N) is 2. The third-order valence-electron chi connectivity index (χ3n) is 5.89. The number of halogens is 3. The Morgan fingerprint density at radius 1 is 1.39 bits per heavy atom. The van der Waals surface area contributed by atoms with Crippen molar-refractivity contribution in [3.8, 4) is 0 Å². The van der Waals surface area contributed by atoms with Crippen molar-refractivity contribution in [1.29, 1.82) is 0 Å². The van der Waals surface area contributed by atoms with Gasteiger partial charge in [0, 0.05) is 24.3 Å². The fourth-order valence-corrected chi connectivity index (χ4v) is 4.70. The topological polar surface area (TPSA) is 112 Å². The third-order valence-corrected chi connectivity index (χ3v) is 6.65. The van der Waals surface area contributed by atoms with Crippen LogP contribution in [0.4, 0.5) is 18.3 Å². The van der Waals surface area contributed by atoms with E-state index in [4.69, 9.17) is 5.21 Å². The van der Waals surface area contributed by atoms with Crippen LogP contribution in [0.15, 0.2) is 5.38 Å². The molecule has 1 aliphatic heterocycles. The van der Waals surface area contributed by atoms with Crippen LogP contribution in [0.5, 0.6) is 0 Å². The zero-order valence-corrected chi connectivity index (χ0v) is 17.8. The number of carbonyl (C=O) groups is 3. The molecule has 172 valence electrons. The van der Waals surface area contributed by atoms with Crippen molar-refractivity contribution in [3.63, 3.8) is 0 Å². The van der Waals surface area contributed by atoms with E-state index < -0.39 is 35.6 Å². The molecular weight excluding hydrogens is 437 g/mol. The van der Waals surface area contributed by atoms with Crippen molar-refractivity contribution in [2.24, 2.45) is 11.3 Å². The van der Waals surface area contributed by atoms with Gasteiger partial charge < -0.3 is 10.2 Å². The molecule has 1 aromatic heterocycles. The normalized spacial score (nSPS) is 20.5. The summed E-state index contributed by atoms with van der Waals surface area (Å²) < 4.78 is 38.3. The van der Waals surface area contributed by atoms with Gasteiger partial charge in [-0.1, -0.05) is 19.8 Å². The summed E-state index contributed by atoms with van der Waals surface area (Å²) in [5.41, 5.74) is 0.310. The Hall–Kier alpha value is -2.21. The molecule has 0 radical (unpaired) electrons. The molecule has 3 rings (SSSR count). The highest BCUT2D eigenvalue weighted by Crippen LogP contribution is 2.55. The Morgan fingerprint density at radius 2 is 2.10 bits per heavy atom. The van der Waals surface area contributed by atoms with Crippen molar-refractivity contribution in [2.45, 2.75) is 64.1 Å². The molecule has 0 bridgehead atoms. The molecule has 3 amide bonds. The number of aromatic nitrogens is 1. The lowest BCUT2D eigenvalue weighted by Gasteiger charge is -2.28. The van der Waals surface area contributed by atoms with Gasteiger partial charge in [-0.2, -0.15) is 13.2 Å². The summed E-state index contributed by atoms with van der Waals surface area (Å²) in [7, 11) is 0. The first-order valence-electron chi connectivity index (χ1n) is 10.2. The molecule has 2 aliphatic rings. The number of nitrogens with zero attached hydrogens (tertiary/aromatic N) is 2. The van der Waals surface area contributed by atoms with Crippen LogP contribution < -0.4 is 10.8 Å². The van der Waals surface area contributed by atoms with Crippen LogP contribution in [-0.4, -0.2) is 45.4 Å². The molecule has 1 aliphatic carbocycles. The summed E-state index contributed by atoms with van der Waals surface area (Å²) in [5.74, 6) is -2.30. The molecular formula is C19H25F3N4O4S. The fourth-order valence-electron chi connectivity index (χ4n) is 3.98. The highest BCUT2D eigenvalue weighted by Gasteiger charge is 2.55. The van der Waals surface area contributed by atoms with Gasteiger partial charge in [0.25, 0.3) is 0 Å². The van der Waals surface area contributed by atoms with Crippen LogP contribution in [0.1, 0.15) is 57.6 Å². The number of thiazole rings is 1. The largest absolute Gasteiger partial charge is 0.434 e. The predicted octanol–water partition coefficient (Wildman–Crippen LogP) is 3.18. The smallest absolute Gasteiger partial charge is 0.330 e. The molecule has 2 atom stereocenters. The minimum absolute atomic E-state index is 0.147. The van der Waals surface area contributed by atoms with Crippen LogP contribution >= 0.6 is 11.3 Å². The van der Waals surface area contributed by atoms with Gasteiger partial charge in [-0.3, -0.25) is 19.6 Å². The van der Waals surface area contributed by atoms with Gasteiger partial charge in [-0.15, -0.1) is 11.3 Å². The van der Waals surface area contributed by atoms with E-state index in [9.17, 15) is 27.6 Å². The average molecular weight is 462 g/mol. The first-order valence-corrected chi connectivity index (χ1v) is 11.0. The van der Waals surface area contributed by atoms with Gasteiger partial charge in [0.2, 0.25) is 17.7 Å². The van der Waals surface area contributed by atoms with Crippen LogP contribution in [-0.2, 0) is 20.6 Å². The number of rotatable bonds is 8. The van der Waals surface area contributed by atoms with Crippen molar-refractivity contribution in [3.05, 3.63) is 11.1 Å². The van der Waals surface area contributed by atoms with Gasteiger partial charge in [-0.25, -0.2) is 10.5 Å². The molecule has 1 saturated carbocycles. The van der Waals surface area contributed by atoms with E-state index in [2.05, 4.69) is 10.3 Å². The molecule has 0 aromatic carbocycles. The van der Waals surface area contributed by atoms with E-state index in [1.54, 1.807) is 0 Å². The standard InChI is InChI=1S/C19H25F3N4O4S/c1-2-3-4-11(7-14(27)25-30)16(29)26-10-18(5-6-18)8-12(26)15(28)24-17-23-13(9-31-17)19(20,21)22/h9,11-12,30H,2-8,10H2,1H3,(H,25,27)(H,23,24,28)/t11-,12+/m1/s1. The molecule has 31 heavy (non-hydrogen) atoms. The van der Waals surface area contributed by atoms with E-state index in [1.807, 2.05) is 6.92 Å². The monoisotopic (exact) mass is 462 g/mol. The molecule has 2 fully saturated rings. The van der Waals surface area contributed by atoms with Gasteiger partial charge in [0.05, 0.1) is 0 Å². The molecule has 2 heterocycles. The van der Waals surface area contributed by atoms with Crippen LogP contribution in [0.3, 0.4) is 0 Å². The highest BCUT2D eigenvalue weighted by atomic mass is 32.1. The van der Waals surface area contributed by atoms with E-state index in [-0.39, 0.29) is 22.9 Å². The number of hydroxylamine groups is 1. The second kappa shape index (κ2) is 9.11. The number of carbonyl (C=O) groups excluding carboxylic acids is 3. The number of likely N-dealkylation sites (tertiary alicyclic amines) is 1. The van der Waals surface area contributed by atoms with Crippen molar-refractivity contribution < 1.29 is 32.8 Å². The lowest BCUT2D eigenvalue weighted by Crippen LogP contribution is -2.46. The fraction of sp³-hybridized carbons (Fsp3) is 0.684. The molecule has 1 saturated heterocycles. The predicted molar refractivity (Wildman–Crippen MR) is 105 cm³/mol. The quantitative estimate of drug-likeness (QED) is 0.406. The summed E-state index contributed by atoms with van der Waals surface area (Å²) in [6, 6.07) is -0.838. The van der Waals surface area contributed by atoms with E-state index >= 15 is 0 Å². The van der Waals surface area contributed by atoms with E-state index in [0.717, 1.165) is 24.6 Å². The average Bonchev–Trinajstić information content (AvgIpc) is 3.12. The second-order valence-corrected chi connectivity index (χ2v) is 9.15. The number of hydrogen-bond donors (Lipinski definition) is 3. The minimum atomic E-state index is -4.60. The Labute approximate surface area is 181 Å². The summed E-state index contributed by atoms with van der Waals surface area (Å²) >= 11 is 0.670. The molecule has 12 heteroatoms. The van der Waals surface area contributed by atoms with Crippen molar-refractivity contribution in [1.82, 2.24) is 15.4 Å². The van der Waals surface area contributed by atoms with Crippen LogP contribution in [0, 0.1) is 11.3 Å². The summed E-state index contributed by atoms with van der Waals surface area (Å²) in [5, 5.41) is 11.9. The summed E-state index contributed by atoms with van der Waals surface area (Å²) in [6.07, 6.45) is -0.702. The Bertz CT molecular complexity index is 840. The Kier molecular flexibility index (Phi) is 6.89. The zero-order valence-electron chi connectivity index (χ0n) is 17.0. The first-order chi connectivity index (χ1) is 14.6. The maximum atomic E-state index is 13.2. The van der Waals surface area contributed by atoms with Crippen LogP contribution in [0.2, 0.25) is 0 Å². The summed E-state index contributed by atoms with van der Waals surface area (Å²) in [6.45, 7) is 2.32. The number of hydrogen-bond acceptors (Lipinski definition) is 6. The highest BCUT2D eigenvalue weighted by molar-refractivity contribution is 7.13. The first kappa shape index (κ1) is 23.5. The molecule has 8 nitrogen and oxygen atoms in total. The van der Waals surface area contributed by atoms with Gasteiger partial charge in [-0.05, 0) is 31.1 Å². The molecule has 3 N–H and O–H groups in total. The van der Waals surface area contributed by atoms with Crippen molar-refractivity contribution in [2.75, 3.05) is 11.9 Å². The van der Waals surface area contributed by atoms with Gasteiger partial charge >= 0.3 is 6.18 Å². The molecule has 1 aromatic rings. The maximum Gasteiger partial charge on any atom is 0.434 e. The Morgan fingerprint density at radius 3 is 2.65 bits per heavy atom. The maximum absolute atomic E-state index is 13.2. The zero-order chi connectivity index (χ0) is 22.8. The number of anilines is 1. The molecule has 1 spiro atoms.